The Balaban J connectivity index is 1.67. The third kappa shape index (κ3) is 4.15. The molecule has 1 aromatic heterocycles. The molecule has 2 fully saturated rings. The van der Waals surface area contributed by atoms with E-state index in [0.29, 0.717) is 29.6 Å². The standard InChI is InChI=1S/C17H24N2O4S/c1-2-23-17(22)15-13(11-5-6-11)10-24-16(15)18-14(21)9-19-7-3-4-12(20)8-19/h10-12,20H,2-9H2,1H3,(H,18,21). The van der Waals surface area contributed by atoms with Crippen molar-refractivity contribution in [2.45, 2.75) is 44.6 Å². The Bertz CT molecular complexity index is 612. The molecule has 1 unspecified atom stereocenters. The molecule has 1 amide bonds. The number of carbonyl (C=O) groups excluding carboxylic acids is 2. The highest BCUT2D eigenvalue weighted by molar-refractivity contribution is 7.15. The number of hydrogen-bond donors (Lipinski definition) is 2. The molecule has 3 rings (SSSR count). The van der Waals surface area contributed by atoms with E-state index in [1.165, 1.54) is 11.3 Å². The van der Waals surface area contributed by atoms with Gasteiger partial charge in [0.2, 0.25) is 5.91 Å². The summed E-state index contributed by atoms with van der Waals surface area (Å²) in [7, 11) is 0. The zero-order valence-electron chi connectivity index (χ0n) is 13.9. The van der Waals surface area contributed by atoms with Crippen LogP contribution >= 0.6 is 11.3 Å². The Hall–Kier alpha value is -1.44. The van der Waals surface area contributed by atoms with Crippen LogP contribution < -0.4 is 5.32 Å². The van der Waals surface area contributed by atoms with Crippen LogP contribution in [0.15, 0.2) is 5.38 Å². The first-order valence-corrected chi connectivity index (χ1v) is 9.45. The number of esters is 1. The number of hydrogen-bond acceptors (Lipinski definition) is 6. The molecule has 132 valence electrons. The van der Waals surface area contributed by atoms with Crippen LogP contribution in [0.25, 0.3) is 0 Å². The van der Waals surface area contributed by atoms with Crippen molar-refractivity contribution < 1.29 is 19.4 Å². The Morgan fingerprint density at radius 2 is 2.21 bits per heavy atom. The molecule has 0 aromatic carbocycles. The number of carbonyl (C=O) groups is 2. The van der Waals surface area contributed by atoms with E-state index in [-0.39, 0.29) is 24.5 Å². The van der Waals surface area contributed by atoms with Gasteiger partial charge >= 0.3 is 5.97 Å². The first kappa shape index (κ1) is 17.4. The summed E-state index contributed by atoms with van der Waals surface area (Å²) in [5.41, 5.74) is 1.53. The number of piperidine rings is 1. The number of nitrogens with one attached hydrogen (secondary N) is 1. The third-order valence-corrected chi connectivity index (χ3v) is 5.33. The topological polar surface area (TPSA) is 78.9 Å². The molecule has 1 atom stereocenters. The molecule has 2 aliphatic rings. The lowest BCUT2D eigenvalue weighted by Gasteiger charge is -2.29. The second-order valence-electron chi connectivity index (χ2n) is 6.47. The van der Waals surface area contributed by atoms with E-state index in [1.807, 2.05) is 10.3 Å². The summed E-state index contributed by atoms with van der Waals surface area (Å²) in [5.74, 6) is -0.0910. The zero-order valence-corrected chi connectivity index (χ0v) is 14.7. The van der Waals surface area contributed by atoms with E-state index in [4.69, 9.17) is 4.74 Å². The molecular formula is C17H24N2O4S. The van der Waals surface area contributed by atoms with Gasteiger partial charge in [0.25, 0.3) is 0 Å². The van der Waals surface area contributed by atoms with Gasteiger partial charge in [0.05, 0.1) is 24.8 Å². The summed E-state index contributed by atoms with van der Waals surface area (Å²) in [6.07, 6.45) is 3.50. The van der Waals surface area contributed by atoms with Crippen molar-refractivity contribution in [3.05, 3.63) is 16.5 Å². The van der Waals surface area contributed by atoms with Gasteiger partial charge in [-0.05, 0) is 56.0 Å². The fourth-order valence-corrected chi connectivity index (χ4v) is 4.16. The molecule has 6 nitrogen and oxygen atoms in total. The number of anilines is 1. The van der Waals surface area contributed by atoms with Crippen LogP contribution in [0.5, 0.6) is 0 Å². The maximum Gasteiger partial charge on any atom is 0.341 e. The third-order valence-electron chi connectivity index (χ3n) is 4.42. The highest BCUT2D eigenvalue weighted by Crippen LogP contribution is 2.46. The molecule has 1 saturated heterocycles. The van der Waals surface area contributed by atoms with Crippen molar-refractivity contribution in [2.75, 3.05) is 31.6 Å². The predicted octanol–water partition coefficient (Wildman–Crippen LogP) is 2.20. The van der Waals surface area contributed by atoms with Crippen molar-refractivity contribution in [1.82, 2.24) is 4.90 Å². The lowest BCUT2D eigenvalue weighted by atomic mass is 10.1. The molecule has 24 heavy (non-hydrogen) atoms. The number of rotatable bonds is 6. The number of ether oxygens (including phenoxy) is 1. The Morgan fingerprint density at radius 3 is 2.88 bits per heavy atom. The van der Waals surface area contributed by atoms with Gasteiger partial charge in [-0.1, -0.05) is 0 Å². The van der Waals surface area contributed by atoms with Gasteiger partial charge in [-0.25, -0.2) is 4.79 Å². The number of likely N-dealkylation sites (tertiary alicyclic amines) is 1. The summed E-state index contributed by atoms with van der Waals surface area (Å²) in [4.78, 5) is 26.6. The quantitative estimate of drug-likeness (QED) is 0.768. The van der Waals surface area contributed by atoms with E-state index in [0.717, 1.165) is 37.8 Å². The smallest absolute Gasteiger partial charge is 0.341 e. The molecule has 1 aromatic rings. The van der Waals surface area contributed by atoms with Crippen molar-refractivity contribution in [2.24, 2.45) is 0 Å². The monoisotopic (exact) mass is 352 g/mol. The highest BCUT2D eigenvalue weighted by Gasteiger charge is 2.32. The minimum atomic E-state index is -0.357. The Labute approximate surface area is 145 Å². The number of thiophene rings is 1. The van der Waals surface area contributed by atoms with E-state index < -0.39 is 0 Å². The van der Waals surface area contributed by atoms with Crippen molar-refractivity contribution in [1.29, 1.82) is 0 Å². The number of aliphatic hydroxyl groups is 1. The average molecular weight is 352 g/mol. The largest absolute Gasteiger partial charge is 0.462 e. The van der Waals surface area contributed by atoms with Crippen LogP contribution in [0.4, 0.5) is 5.00 Å². The Morgan fingerprint density at radius 1 is 1.42 bits per heavy atom. The molecule has 7 heteroatoms. The van der Waals surface area contributed by atoms with Gasteiger partial charge in [-0.15, -0.1) is 11.3 Å². The molecule has 0 radical (unpaired) electrons. The van der Waals surface area contributed by atoms with E-state index >= 15 is 0 Å². The molecule has 1 aliphatic carbocycles. The molecule has 1 aliphatic heterocycles. The molecule has 2 heterocycles. The Kier molecular flexibility index (Phi) is 5.53. The molecule has 0 spiro atoms. The number of nitrogens with zero attached hydrogens (tertiary/aromatic N) is 1. The number of amides is 1. The van der Waals surface area contributed by atoms with Gasteiger partial charge < -0.3 is 15.2 Å². The average Bonchev–Trinajstić information content (AvgIpc) is 3.29. The zero-order chi connectivity index (χ0) is 17.1. The van der Waals surface area contributed by atoms with Crippen LogP contribution in [0.2, 0.25) is 0 Å². The van der Waals surface area contributed by atoms with E-state index in [1.54, 1.807) is 6.92 Å². The van der Waals surface area contributed by atoms with Crippen LogP contribution in [0, 0.1) is 0 Å². The van der Waals surface area contributed by atoms with Gasteiger partial charge in [0, 0.05) is 6.54 Å². The minimum absolute atomic E-state index is 0.154. The summed E-state index contributed by atoms with van der Waals surface area (Å²) >= 11 is 1.39. The maximum absolute atomic E-state index is 12.3. The van der Waals surface area contributed by atoms with Gasteiger partial charge in [-0.2, -0.15) is 0 Å². The summed E-state index contributed by atoms with van der Waals surface area (Å²) in [6.45, 7) is 3.66. The molecule has 2 N–H and O–H groups in total. The number of aliphatic hydroxyl groups excluding tert-OH is 1. The fourth-order valence-electron chi connectivity index (χ4n) is 3.12. The fraction of sp³-hybridized carbons (Fsp3) is 0.647. The first-order valence-electron chi connectivity index (χ1n) is 8.57. The summed E-state index contributed by atoms with van der Waals surface area (Å²) in [5, 5.41) is 15.1. The maximum atomic E-state index is 12.3. The molecule has 1 saturated carbocycles. The summed E-state index contributed by atoms with van der Waals surface area (Å²) in [6, 6.07) is 0. The van der Waals surface area contributed by atoms with Crippen molar-refractivity contribution in [3.8, 4) is 0 Å². The van der Waals surface area contributed by atoms with Crippen LogP contribution in [0.3, 0.4) is 0 Å². The van der Waals surface area contributed by atoms with Crippen LogP contribution in [-0.2, 0) is 9.53 Å². The van der Waals surface area contributed by atoms with E-state index in [9.17, 15) is 14.7 Å². The van der Waals surface area contributed by atoms with Crippen LogP contribution in [0.1, 0.15) is 54.4 Å². The highest BCUT2D eigenvalue weighted by atomic mass is 32.1. The SMILES string of the molecule is CCOC(=O)c1c(C2CC2)csc1NC(=O)CN1CCCC(O)C1. The number of β-amino-alcohol motifs (C(OH)–C–C–N with tert-alkyl or cyclic N) is 1. The molecule has 0 bridgehead atoms. The predicted molar refractivity (Wildman–Crippen MR) is 92.6 cm³/mol. The normalized spacial score (nSPS) is 21.5. The minimum Gasteiger partial charge on any atom is -0.462 e. The lowest BCUT2D eigenvalue weighted by Crippen LogP contribution is -2.42. The first-order chi connectivity index (χ1) is 11.6. The van der Waals surface area contributed by atoms with Gasteiger partial charge in [-0.3, -0.25) is 9.69 Å². The molecular weight excluding hydrogens is 328 g/mol. The second-order valence-corrected chi connectivity index (χ2v) is 7.35. The van der Waals surface area contributed by atoms with Crippen LogP contribution in [-0.4, -0.2) is 54.2 Å². The van der Waals surface area contributed by atoms with Crippen molar-refractivity contribution in [3.63, 3.8) is 0 Å². The van der Waals surface area contributed by atoms with E-state index in [2.05, 4.69) is 5.32 Å². The van der Waals surface area contributed by atoms with Gasteiger partial charge in [0.1, 0.15) is 5.00 Å². The second kappa shape index (κ2) is 7.63. The summed E-state index contributed by atoms with van der Waals surface area (Å²) < 4.78 is 5.16. The van der Waals surface area contributed by atoms with Gasteiger partial charge in [0.15, 0.2) is 0 Å². The lowest BCUT2D eigenvalue weighted by molar-refractivity contribution is -0.117. The van der Waals surface area contributed by atoms with Crippen molar-refractivity contribution >= 4 is 28.2 Å².